The molecule has 0 atom stereocenters. The molecule has 0 unspecified atom stereocenters. The van der Waals surface area contributed by atoms with Gasteiger partial charge in [0.2, 0.25) is 5.91 Å². The number of likely N-dealkylation sites (tertiary alicyclic amines) is 1. The number of aliphatic imine (C=N–C) groups is 1. The number of allylic oxidation sites excluding steroid dienone is 4. The molecule has 4 aliphatic rings. The first kappa shape index (κ1) is 26.2. The summed E-state index contributed by atoms with van der Waals surface area (Å²) < 4.78 is 0. The van der Waals surface area contributed by atoms with E-state index in [0.29, 0.717) is 13.1 Å². The maximum atomic E-state index is 12.8. The van der Waals surface area contributed by atoms with Crippen LogP contribution >= 0.6 is 24.2 Å². The highest BCUT2D eigenvalue weighted by atomic mass is 35.5. The number of piperidine rings is 1. The fraction of sp³-hybridized carbons (Fsp3) is 0.357. The predicted octanol–water partition coefficient (Wildman–Crippen LogP) is 4.81. The van der Waals surface area contributed by atoms with Crippen LogP contribution in [-0.2, 0) is 20.8 Å². The number of thiol groups is 1. The summed E-state index contributed by atoms with van der Waals surface area (Å²) in [6, 6.07) is 6.12. The highest BCUT2D eigenvalue weighted by Gasteiger charge is 2.29. The van der Waals surface area contributed by atoms with E-state index in [0.717, 1.165) is 47.7 Å². The maximum absolute atomic E-state index is 12.8. The summed E-state index contributed by atoms with van der Waals surface area (Å²) in [7, 11) is 0. The van der Waals surface area contributed by atoms with Crippen LogP contribution in [0.25, 0.3) is 5.57 Å². The van der Waals surface area contributed by atoms with E-state index in [1.807, 2.05) is 23.3 Å². The van der Waals surface area contributed by atoms with Gasteiger partial charge in [0.15, 0.2) is 0 Å². The minimum absolute atomic E-state index is 0.0267. The topological polar surface area (TPSA) is 70.1 Å². The van der Waals surface area contributed by atoms with Crippen molar-refractivity contribution in [2.24, 2.45) is 4.99 Å². The lowest BCUT2D eigenvalue weighted by molar-refractivity contribution is -0.138. The molecule has 188 valence electrons. The summed E-state index contributed by atoms with van der Waals surface area (Å²) in [6.45, 7) is 1.36. The molecular formula is C28H30ClN3O3S. The summed E-state index contributed by atoms with van der Waals surface area (Å²) in [4.78, 5) is 44.1. The number of imide groups is 1. The van der Waals surface area contributed by atoms with E-state index in [9.17, 15) is 14.4 Å². The Morgan fingerprint density at radius 3 is 2.47 bits per heavy atom. The minimum atomic E-state index is -0.349. The molecule has 3 amide bonds. The van der Waals surface area contributed by atoms with Crippen LogP contribution in [-0.4, -0.2) is 59.6 Å². The van der Waals surface area contributed by atoms with Crippen molar-refractivity contribution in [2.75, 3.05) is 25.9 Å². The number of carbonyl (C=O) groups is 3. The number of nitrogens with zero attached hydrogens (tertiary/aromatic N) is 3. The van der Waals surface area contributed by atoms with Gasteiger partial charge in [-0.3, -0.25) is 24.3 Å². The molecule has 0 aromatic heterocycles. The summed E-state index contributed by atoms with van der Waals surface area (Å²) in [5.74, 6) is -0.725. The Hall–Kier alpha value is -2.90. The van der Waals surface area contributed by atoms with Crippen molar-refractivity contribution in [1.29, 1.82) is 0 Å². The monoisotopic (exact) mass is 523 g/mol. The molecule has 0 bridgehead atoms. The van der Waals surface area contributed by atoms with E-state index in [-0.39, 0.29) is 30.7 Å². The molecule has 8 heteroatoms. The van der Waals surface area contributed by atoms with E-state index >= 15 is 0 Å². The quantitative estimate of drug-likeness (QED) is 0.456. The van der Waals surface area contributed by atoms with Crippen LogP contribution in [0.3, 0.4) is 0 Å². The van der Waals surface area contributed by atoms with Crippen LogP contribution in [0, 0.1) is 0 Å². The molecule has 3 heterocycles. The number of fused-ring (bicyclic) bond motifs is 1. The molecule has 0 saturated carbocycles. The van der Waals surface area contributed by atoms with Crippen LogP contribution in [0.15, 0.2) is 64.3 Å². The molecule has 0 radical (unpaired) electrons. The molecule has 6 nitrogen and oxygen atoms in total. The molecule has 1 aromatic rings. The molecule has 5 rings (SSSR count). The number of carbonyl (C=O) groups excluding carboxylic acids is 3. The minimum Gasteiger partial charge on any atom is -0.342 e. The first-order valence-electron chi connectivity index (χ1n) is 12.2. The molecule has 1 fully saturated rings. The first-order chi connectivity index (χ1) is 17.5. The lowest BCUT2D eigenvalue weighted by Crippen LogP contribution is -2.39. The molecule has 3 aliphatic heterocycles. The Balaban J connectivity index is 0.00000148. The largest absolute Gasteiger partial charge is 0.342 e. The molecule has 0 spiro atoms. The second-order valence-electron chi connectivity index (χ2n) is 8.93. The van der Waals surface area contributed by atoms with Crippen LogP contribution in [0.5, 0.6) is 0 Å². The van der Waals surface area contributed by atoms with E-state index in [1.165, 1.54) is 40.0 Å². The fourth-order valence-corrected chi connectivity index (χ4v) is 5.31. The summed E-state index contributed by atoms with van der Waals surface area (Å²) in [6.07, 6.45) is 14.7. The Morgan fingerprint density at radius 1 is 1.03 bits per heavy atom. The zero-order valence-corrected chi connectivity index (χ0v) is 22.0. The maximum Gasteiger partial charge on any atom is 0.253 e. The van der Waals surface area contributed by atoms with Gasteiger partial charge in [-0.2, -0.15) is 12.6 Å². The van der Waals surface area contributed by atoms with Gasteiger partial charge in [0, 0.05) is 55.0 Å². The van der Waals surface area contributed by atoms with Crippen molar-refractivity contribution >= 4 is 53.7 Å². The third-order valence-corrected chi connectivity index (χ3v) is 7.15. The number of aryl methyl sites for hydroxylation is 1. The number of amides is 3. The second kappa shape index (κ2) is 11.9. The van der Waals surface area contributed by atoms with Gasteiger partial charge in [-0.05, 0) is 73.3 Å². The summed E-state index contributed by atoms with van der Waals surface area (Å²) in [5, 5.41) is 0.745. The van der Waals surface area contributed by atoms with E-state index in [2.05, 4.69) is 30.8 Å². The van der Waals surface area contributed by atoms with E-state index < -0.39 is 0 Å². The molecule has 1 aliphatic carbocycles. The van der Waals surface area contributed by atoms with Crippen molar-refractivity contribution in [1.82, 2.24) is 9.80 Å². The van der Waals surface area contributed by atoms with Gasteiger partial charge in [0.1, 0.15) is 0 Å². The Kier molecular flexibility index (Phi) is 8.64. The number of hydrogen-bond acceptors (Lipinski definition) is 5. The van der Waals surface area contributed by atoms with Crippen LogP contribution < -0.4 is 0 Å². The highest BCUT2D eigenvalue weighted by molar-refractivity contribution is 7.79. The number of rotatable bonds is 3. The van der Waals surface area contributed by atoms with Crippen molar-refractivity contribution in [3.05, 3.63) is 75.5 Å². The molecule has 1 aromatic carbocycles. The van der Waals surface area contributed by atoms with Crippen LogP contribution in [0.1, 0.15) is 43.2 Å². The fourth-order valence-electron chi connectivity index (χ4n) is 5.12. The SMILES string of the molecule is CS.O=C(CCN1C(=O)C=CC1=O)N1CCC(=C2C3=C(CC=CC=N3)CCc3cc(Cl)ccc32)CC1. The molecule has 0 N–H and O–H groups in total. The van der Waals surface area contributed by atoms with Crippen molar-refractivity contribution < 1.29 is 14.4 Å². The van der Waals surface area contributed by atoms with E-state index in [1.54, 1.807) is 6.26 Å². The standard InChI is InChI=1S/C27H26ClN3O3.CH4S/c28-21-6-7-22-20(17-21)5-4-19-3-1-2-13-29-27(19)26(22)18-10-14-30(15-11-18)23(32)12-16-31-24(33)8-9-25(31)34;1-2/h1-2,6-9,13,17H,3-5,10-12,14-16H2;2H,1H3. The highest BCUT2D eigenvalue weighted by Crippen LogP contribution is 2.41. The van der Waals surface area contributed by atoms with Gasteiger partial charge in [-0.25, -0.2) is 0 Å². The number of hydrogen-bond donors (Lipinski definition) is 1. The normalized spacial score (nSPS) is 19.1. The Morgan fingerprint density at radius 2 is 1.75 bits per heavy atom. The number of benzene rings is 1. The smallest absolute Gasteiger partial charge is 0.253 e. The van der Waals surface area contributed by atoms with Gasteiger partial charge in [-0.15, -0.1) is 0 Å². The zero-order valence-electron chi connectivity index (χ0n) is 20.4. The van der Waals surface area contributed by atoms with Gasteiger partial charge in [0.25, 0.3) is 11.8 Å². The molecular weight excluding hydrogens is 494 g/mol. The first-order valence-corrected chi connectivity index (χ1v) is 13.5. The lowest BCUT2D eigenvalue weighted by Gasteiger charge is -2.31. The Labute approximate surface area is 222 Å². The van der Waals surface area contributed by atoms with Crippen molar-refractivity contribution in [3.8, 4) is 0 Å². The van der Waals surface area contributed by atoms with Gasteiger partial charge < -0.3 is 4.90 Å². The number of halogens is 1. The third-order valence-electron chi connectivity index (χ3n) is 6.92. The summed E-state index contributed by atoms with van der Waals surface area (Å²) >= 11 is 9.85. The predicted molar refractivity (Wildman–Crippen MR) is 147 cm³/mol. The van der Waals surface area contributed by atoms with Crippen LogP contribution in [0.2, 0.25) is 5.02 Å². The van der Waals surface area contributed by atoms with Crippen molar-refractivity contribution in [2.45, 2.75) is 38.5 Å². The molecule has 36 heavy (non-hydrogen) atoms. The van der Waals surface area contributed by atoms with Gasteiger partial charge >= 0.3 is 0 Å². The van der Waals surface area contributed by atoms with Gasteiger partial charge in [-0.1, -0.05) is 29.3 Å². The second-order valence-corrected chi connectivity index (χ2v) is 9.37. The third kappa shape index (κ3) is 5.57. The average molecular weight is 524 g/mol. The van der Waals surface area contributed by atoms with Crippen LogP contribution in [0.4, 0.5) is 0 Å². The average Bonchev–Trinajstić information content (AvgIpc) is 3.05. The van der Waals surface area contributed by atoms with E-state index in [4.69, 9.17) is 16.6 Å². The lowest BCUT2D eigenvalue weighted by atomic mass is 9.88. The van der Waals surface area contributed by atoms with Gasteiger partial charge in [0.05, 0.1) is 5.70 Å². The molecule has 1 saturated heterocycles. The zero-order chi connectivity index (χ0) is 25.7. The van der Waals surface area contributed by atoms with Crippen molar-refractivity contribution in [3.63, 3.8) is 0 Å². The Bertz CT molecular complexity index is 1200. The summed E-state index contributed by atoms with van der Waals surface area (Å²) in [5.41, 5.74) is 7.36.